The summed E-state index contributed by atoms with van der Waals surface area (Å²) in [4.78, 5) is 26.3. The Bertz CT molecular complexity index is 1700. The number of aliphatic hydroxyl groups excluding tert-OH is 5. The number of rotatable bonds is 41. The second-order valence-electron chi connectivity index (χ2n) is 17.6. The Kier molecular flexibility index (Phi) is 42.4. The molecule has 71 heavy (non-hydrogen) atoms. The lowest BCUT2D eigenvalue weighted by Crippen LogP contribution is -2.61. The van der Waals surface area contributed by atoms with E-state index in [9.17, 15) is 35.1 Å². The van der Waals surface area contributed by atoms with Crippen LogP contribution in [0.4, 0.5) is 0 Å². The van der Waals surface area contributed by atoms with E-state index >= 15 is 0 Å². The minimum Gasteiger partial charge on any atom is -0.454 e. The smallest absolute Gasteiger partial charge is 0.306 e. The molecule has 8 atom stereocenters. The summed E-state index contributed by atoms with van der Waals surface area (Å²) in [6, 6.07) is -1.09. The third kappa shape index (κ3) is 35.3. The largest absolute Gasteiger partial charge is 0.454 e. The standard InChI is InChI=1S/C60H93NO10/c1-4-7-10-13-16-19-22-24-25-26-27-28-29-30-33-36-39-42-45-48-55(65)71-58-57(67)56(66)54(49-62)70-60(58)69-50-51(52(63)46-43-40-37-34-31-21-18-15-12-9-6-3)61-59(68)53(64)47-44-41-38-35-32-23-20-17-14-11-8-5-2/h7-8,10-11,14,16-17,19-20,23-25,27-28,30,32-33,35,38-39,41-43,46,51-54,56-58,60,62-64,66-67H,4-6,9,12-13,15,18,21-22,26,29,31,34,36-37,40,44-45,47-50H2,1-3H3,(H,61,68)/b10-7-,11-8+,17-14+,19-16-,23-20-,25-24-,28-27-,33-30-,35-32-,41-38+,42-39-,46-43+. The molecule has 0 radical (unpaired) electrons. The molecule has 1 aliphatic rings. The van der Waals surface area contributed by atoms with Crippen LogP contribution in [0.25, 0.3) is 0 Å². The van der Waals surface area contributed by atoms with Crippen molar-refractivity contribution in [2.45, 2.75) is 205 Å². The molecule has 1 rings (SSSR count). The molecule has 398 valence electrons. The highest BCUT2D eigenvalue weighted by Gasteiger charge is 2.47. The van der Waals surface area contributed by atoms with Gasteiger partial charge in [0.25, 0.3) is 0 Å². The minimum atomic E-state index is -1.67. The van der Waals surface area contributed by atoms with Crippen LogP contribution in [-0.2, 0) is 23.8 Å². The zero-order chi connectivity index (χ0) is 51.8. The predicted molar refractivity (Wildman–Crippen MR) is 291 cm³/mol. The highest BCUT2D eigenvalue weighted by molar-refractivity contribution is 5.80. The van der Waals surface area contributed by atoms with Gasteiger partial charge in [0.15, 0.2) is 12.4 Å². The zero-order valence-electron chi connectivity index (χ0n) is 43.5. The van der Waals surface area contributed by atoms with Crippen molar-refractivity contribution in [3.8, 4) is 0 Å². The average Bonchev–Trinajstić information content (AvgIpc) is 3.37. The summed E-state index contributed by atoms with van der Waals surface area (Å²) in [5, 5.41) is 56.5. The van der Waals surface area contributed by atoms with Gasteiger partial charge in [0.2, 0.25) is 5.91 Å². The third-order valence-electron chi connectivity index (χ3n) is 11.4. The fraction of sp³-hybridized carbons (Fsp3) is 0.567. The SMILES string of the molecule is CC/C=C\C/C=C\C/C=C\C/C=C\C/C=C\C/C=C\CCC(=O)OC1C(OCC(NC(=O)C(O)CC/C=C/C=C\C=C/C=C/C=C/CC)C(O)/C=C/CCCCCCCCCCC)OC(CO)C(O)C1O. The van der Waals surface area contributed by atoms with E-state index in [1.165, 1.54) is 38.5 Å². The summed E-state index contributed by atoms with van der Waals surface area (Å²) in [7, 11) is 0. The summed E-state index contributed by atoms with van der Waals surface area (Å²) in [5.74, 6) is -1.38. The Labute approximate surface area is 428 Å². The highest BCUT2D eigenvalue weighted by atomic mass is 16.7. The van der Waals surface area contributed by atoms with Crippen LogP contribution in [0.5, 0.6) is 0 Å². The number of hydrogen-bond acceptors (Lipinski definition) is 10. The molecular formula is C60H93NO10. The van der Waals surface area contributed by atoms with Gasteiger partial charge in [-0.05, 0) is 77.0 Å². The topological polar surface area (TPSA) is 175 Å². The lowest BCUT2D eigenvalue weighted by molar-refractivity contribution is -0.305. The Balaban J connectivity index is 2.84. The molecular weight excluding hydrogens is 895 g/mol. The molecule has 0 spiro atoms. The van der Waals surface area contributed by atoms with Crippen LogP contribution in [-0.4, -0.2) is 99.6 Å². The summed E-state index contributed by atoms with van der Waals surface area (Å²) in [6.45, 7) is 5.38. The Morgan fingerprint density at radius 1 is 0.577 bits per heavy atom. The lowest BCUT2D eigenvalue weighted by Gasteiger charge is -2.41. The number of amides is 1. The number of ether oxygens (including phenoxy) is 3. The first-order valence-electron chi connectivity index (χ1n) is 26.7. The van der Waals surface area contributed by atoms with E-state index in [2.05, 4.69) is 92.9 Å². The molecule has 1 saturated heterocycles. The number of hydrogen-bond donors (Lipinski definition) is 6. The predicted octanol–water partition coefficient (Wildman–Crippen LogP) is 11.5. The first-order valence-corrected chi connectivity index (χ1v) is 26.7. The molecule has 1 aliphatic heterocycles. The Morgan fingerprint density at radius 2 is 1.08 bits per heavy atom. The van der Waals surface area contributed by atoms with Gasteiger partial charge in [-0.15, -0.1) is 0 Å². The number of carbonyl (C=O) groups excluding carboxylic acids is 2. The molecule has 0 bridgehead atoms. The van der Waals surface area contributed by atoms with Gasteiger partial charge in [-0.2, -0.15) is 0 Å². The molecule has 0 saturated carbocycles. The van der Waals surface area contributed by atoms with Crippen LogP contribution < -0.4 is 5.32 Å². The fourth-order valence-electron chi connectivity index (χ4n) is 7.17. The van der Waals surface area contributed by atoms with Gasteiger partial charge in [-0.3, -0.25) is 9.59 Å². The second-order valence-corrected chi connectivity index (χ2v) is 17.6. The quantitative estimate of drug-likeness (QED) is 0.0150. The summed E-state index contributed by atoms with van der Waals surface area (Å²) < 4.78 is 17.4. The van der Waals surface area contributed by atoms with E-state index in [1.54, 1.807) is 6.08 Å². The fourth-order valence-corrected chi connectivity index (χ4v) is 7.17. The van der Waals surface area contributed by atoms with Gasteiger partial charge in [0, 0.05) is 6.42 Å². The molecule has 6 N–H and O–H groups in total. The number of esters is 1. The molecule has 11 heteroatoms. The first kappa shape index (κ1) is 64.6. The minimum absolute atomic E-state index is 0.0199. The Morgan fingerprint density at radius 3 is 1.63 bits per heavy atom. The maximum atomic E-state index is 13.3. The van der Waals surface area contributed by atoms with Gasteiger partial charge in [-0.25, -0.2) is 0 Å². The number of unbranched alkanes of at least 4 members (excludes halogenated alkanes) is 9. The van der Waals surface area contributed by atoms with Gasteiger partial charge in [0.1, 0.15) is 24.4 Å². The maximum Gasteiger partial charge on any atom is 0.306 e. The van der Waals surface area contributed by atoms with Crippen LogP contribution >= 0.6 is 0 Å². The molecule has 1 amide bonds. The zero-order valence-corrected chi connectivity index (χ0v) is 43.5. The van der Waals surface area contributed by atoms with Crippen LogP contribution in [0.3, 0.4) is 0 Å². The lowest BCUT2D eigenvalue weighted by atomic mass is 9.99. The van der Waals surface area contributed by atoms with Gasteiger partial charge < -0.3 is 45.1 Å². The molecule has 0 aromatic carbocycles. The van der Waals surface area contributed by atoms with Crippen LogP contribution in [0.1, 0.15) is 156 Å². The van der Waals surface area contributed by atoms with Crippen molar-refractivity contribution in [2.24, 2.45) is 0 Å². The number of allylic oxidation sites excluding steroid dienone is 23. The van der Waals surface area contributed by atoms with Crippen molar-refractivity contribution < 1.29 is 49.3 Å². The van der Waals surface area contributed by atoms with E-state index < -0.39 is 67.4 Å². The van der Waals surface area contributed by atoms with E-state index in [4.69, 9.17) is 14.2 Å². The number of carbonyl (C=O) groups is 2. The third-order valence-corrected chi connectivity index (χ3v) is 11.4. The average molecular weight is 988 g/mol. The molecule has 11 nitrogen and oxygen atoms in total. The van der Waals surface area contributed by atoms with Gasteiger partial charge >= 0.3 is 5.97 Å². The van der Waals surface area contributed by atoms with Crippen molar-refractivity contribution in [1.29, 1.82) is 0 Å². The van der Waals surface area contributed by atoms with Crippen molar-refractivity contribution in [3.63, 3.8) is 0 Å². The van der Waals surface area contributed by atoms with Gasteiger partial charge in [-0.1, -0.05) is 218 Å². The van der Waals surface area contributed by atoms with Crippen LogP contribution in [0.15, 0.2) is 146 Å². The maximum absolute atomic E-state index is 13.3. The summed E-state index contributed by atoms with van der Waals surface area (Å²) in [6.07, 6.45) is 56.4. The normalized spacial score (nSPS) is 20.8. The van der Waals surface area contributed by atoms with E-state index in [-0.39, 0.29) is 19.4 Å². The van der Waals surface area contributed by atoms with Crippen molar-refractivity contribution in [2.75, 3.05) is 13.2 Å². The van der Waals surface area contributed by atoms with Crippen LogP contribution in [0.2, 0.25) is 0 Å². The van der Waals surface area contributed by atoms with Crippen molar-refractivity contribution in [1.82, 2.24) is 5.32 Å². The number of nitrogens with one attached hydrogen (secondary N) is 1. The Hall–Kier alpha value is -4.46. The van der Waals surface area contributed by atoms with E-state index in [0.717, 1.165) is 64.2 Å². The van der Waals surface area contributed by atoms with E-state index in [0.29, 0.717) is 19.3 Å². The van der Waals surface area contributed by atoms with Crippen molar-refractivity contribution in [3.05, 3.63) is 146 Å². The van der Waals surface area contributed by atoms with Crippen molar-refractivity contribution >= 4 is 11.9 Å². The molecule has 1 fully saturated rings. The van der Waals surface area contributed by atoms with E-state index in [1.807, 2.05) is 72.9 Å². The van der Waals surface area contributed by atoms with Gasteiger partial charge in [0.05, 0.1) is 25.4 Å². The monoisotopic (exact) mass is 988 g/mol. The molecule has 0 aliphatic carbocycles. The first-order chi connectivity index (χ1) is 34.7. The molecule has 0 aromatic rings. The molecule has 0 aromatic heterocycles. The second kappa shape index (κ2) is 46.6. The molecule has 8 unspecified atom stereocenters. The summed E-state index contributed by atoms with van der Waals surface area (Å²) >= 11 is 0. The van der Waals surface area contributed by atoms with Crippen LogP contribution in [0, 0.1) is 0 Å². The molecule has 1 heterocycles. The summed E-state index contributed by atoms with van der Waals surface area (Å²) in [5.41, 5.74) is 0. The number of aliphatic hydroxyl groups is 5. The highest BCUT2D eigenvalue weighted by Crippen LogP contribution is 2.26.